The molecule has 4 nitrogen and oxygen atoms in total. The van der Waals surface area contributed by atoms with Crippen LogP contribution in [0.1, 0.15) is 39.4 Å². The smallest absolute Gasteiger partial charge is 0.290 e. The van der Waals surface area contributed by atoms with E-state index in [4.69, 9.17) is 5.73 Å². The van der Waals surface area contributed by atoms with Crippen molar-refractivity contribution in [3.05, 3.63) is 179 Å². The lowest BCUT2D eigenvalue weighted by molar-refractivity contribution is -0.129. The van der Waals surface area contributed by atoms with Gasteiger partial charge < -0.3 is 5.73 Å². The average molecular weight is 555 g/mol. The SMILES string of the molecule is NC(c1ccccc1)c1cccc(CC2SC(=O)N(C(c3ccccc3)(c3ccccc3)c3ccccc3)C2=O)c1. The maximum Gasteiger partial charge on any atom is 0.290 e. The standard InChI is InChI=1S/C36H30N2O2S/c37-33(27-15-5-1-6-16-27)28-17-13-14-26(24-28)25-32-34(39)38(35(40)41-32)36(29-18-7-2-8-19-29,30-20-9-3-10-21-30)31-22-11-4-12-23-31/h1-24,32-33H,25,37H2. The fourth-order valence-corrected chi connectivity index (χ4v) is 6.85. The molecule has 1 saturated heterocycles. The van der Waals surface area contributed by atoms with Crippen molar-refractivity contribution in [1.82, 2.24) is 4.90 Å². The van der Waals surface area contributed by atoms with E-state index in [1.807, 2.05) is 140 Å². The van der Waals surface area contributed by atoms with Crippen LogP contribution in [0.4, 0.5) is 4.79 Å². The van der Waals surface area contributed by atoms with Crippen LogP contribution < -0.4 is 5.73 Å². The van der Waals surface area contributed by atoms with Crippen molar-refractivity contribution in [3.63, 3.8) is 0 Å². The van der Waals surface area contributed by atoms with Gasteiger partial charge in [0.25, 0.3) is 5.24 Å². The van der Waals surface area contributed by atoms with Gasteiger partial charge in [0.2, 0.25) is 5.91 Å². The highest BCUT2D eigenvalue weighted by molar-refractivity contribution is 8.15. The molecule has 41 heavy (non-hydrogen) atoms. The summed E-state index contributed by atoms with van der Waals surface area (Å²) < 4.78 is 0. The van der Waals surface area contributed by atoms with Gasteiger partial charge in [-0.25, -0.2) is 0 Å². The van der Waals surface area contributed by atoms with Crippen LogP contribution in [0.25, 0.3) is 0 Å². The van der Waals surface area contributed by atoms with E-state index in [1.165, 1.54) is 4.90 Å². The molecule has 2 N–H and O–H groups in total. The number of hydrogen-bond acceptors (Lipinski definition) is 4. The van der Waals surface area contributed by atoms with Gasteiger partial charge in [0, 0.05) is 0 Å². The van der Waals surface area contributed by atoms with E-state index in [9.17, 15) is 9.59 Å². The molecule has 0 spiro atoms. The normalized spacial score (nSPS) is 16.1. The van der Waals surface area contributed by atoms with E-state index in [1.54, 1.807) is 0 Å². The van der Waals surface area contributed by atoms with Crippen LogP contribution in [0.3, 0.4) is 0 Å². The second kappa shape index (κ2) is 11.6. The van der Waals surface area contributed by atoms with Crippen molar-refractivity contribution in [3.8, 4) is 0 Å². The fraction of sp³-hybridized carbons (Fsp3) is 0.111. The van der Waals surface area contributed by atoms with E-state index in [-0.39, 0.29) is 17.2 Å². The molecule has 0 bridgehead atoms. The summed E-state index contributed by atoms with van der Waals surface area (Å²) in [4.78, 5) is 29.8. The van der Waals surface area contributed by atoms with Gasteiger partial charge in [-0.05, 0) is 39.8 Å². The van der Waals surface area contributed by atoms with Crippen LogP contribution in [0.5, 0.6) is 0 Å². The predicted molar refractivity (Wildman–Crippen MR) is 165 cm³/mol. The Morgan fingerprint density at radius 1 is 0.634 bits per heavy atom. The number of nitrogens with zero attached hydrogens (tertiary/aromatic N) is 1. The van der Waals surface area contributed by atoms with E-state index in [0.717, 1.165) is 45.1 Å². The molecule has 1 heterocycles. The van der Waals surface area contributed by atoms with Gasteiger partial charge in [-0.2, -0.15) is 0 Å². The molecular formula is C36H30N2O2S. The molecule has 0 saturated carbocycles. The van der Waals surface area contributed by atoms with Crippen molar-refractivity contribution in [2.45, 2.75) is 23.3 Å². The number of hydrogen-bond donors (Lipinski definition) is 1. The Balaban J connectivity index is 1.40. The molecule has 2 unspecified atom stereocenters. The highest BCUT2D eigenvalue weighted by atomic mass is 32.2. The van der Waals surface area contributed by atoms with E-state index >= 15 is 0 Å². The molecule has 2 amide bonds. The van der Waals surface area contributed by atoms with E-state index in [0.29, 0.717) is 6.42 Å². The second-order valence-electron chi connectivity index (χ2n) is 10.2. The first-order valence-corrected chi connectivity index (χ1v) is 14.6. The number of imide groups is 1. The molecule has 5 aromatic rings. The summed E-state index contributed by atoms with van der Waals surface area (Å²) in [6, 6.07) is 47.2. The minimum Gasteiger partial charge on any atom is -0.320 e. The van der Waals surface area contributed by atoms with Gasteiger partial charge in [0.1, 0.15) is 5.54 Å². The molecule has 0 radical (unpaired) electrons. The number of thioether (sulfide) groups is 1. The second-order valence-corrected chi connectivity index (χ2v) is 11.3. The third kappa shape index (κ3) is 4.99. The lowest BCUT2D eigenvalue weighted by Gasteiger charge is -2.42. The lowest BCUT2D eigenvalue weighted by atomic mass is 9.75. The fourth-order valence-electron chi connectivity index (χ4n) is 5.80. The molecule has 1 aliphatic rings. The van der Waals surface area contributed by atoms with Crippen LogP contribution >= 0.6 is 11.8 Å². The summed E-state index contributed by atoms with van der Waals surface area (Å²) in [7, 11) is 0. The van der Waals surface area contributed by atoms with Crippen LogP contribution in [0.2, 0.25) is 0 Å². The third-order valence-electron chi connectivity index (χ3n) is 7.72. The number of carbonyl (C=O) groups excluding carboxylic acids is 2. The summed E-state index contributed by atoms with van der Waals surface area (Å²) in [6.07, 6.45) is 0.426. The number of carbonyl (C=O) groups is 2. The molecule has 1 aliphatic heterocycles. The highest BCUT2D eigenvalue weighted by Crippen LogP contribution is 2.47. The Kier molecular flexibility index (Phi) is 7.55. The summed E-state index contributed by atoms with van der Waals surface area (Å²) >= 11 is 1.10. The first kappa shape index (κ1) is 26.8. The molecular weight excluding hydrogens is 524 g/mol. The van der Waals surface area contributed by atoms with Crippen LogP contribution in [-0.4, -0.2) is 21.3 Å². The molecule has 1 fully saturated rings. The number of nitrogens with two attached hydrogens (primary N) is 1. The topological polar surface area (TPSA) is 63.4 Å². The largest absolute Gasteiger partial charge is 0.320 e. The van der Waals surface area contributed by atoms with E-state index < -0.39 is 10.8 Å². The van der Waals surface area contributed by atoms with Crippen molar-refractivity contribution in [2.75, 3.05) is 0 Å². The molecule has 0 aliphatic carbocycles. The van der Waals surface area contributed by atoms with Crippen molar-refractivity contribution < 1.29 is 9.59 Å². The number of benzene rings is 5. The molecule has 2 atom stereocenters. The Morgan fingerprint density at radius 3 is 1.61 bits per heavy atom. The Morgan fingerprint density at radius 2 is 1.10 bits per heavy atom. The van der Waals surface area contributed by atoms with Crippen LogP contribution in [0.15, 0.2) is 146 Å². The van der Waals surface area contributed by atoms with Gasteiger partial charge in [-0.15, -0.1) is 0 Å². The summed E-state index contributed by atoms with van der Waals surface area (Å²) in [5.74, 6) is -0.200. The minimum absolute atomic E-state index is 0.200. The van der Waals surface area contributed by atoms with Gasteiger partial charge in [0.05, 0.1) is 11.3 Å². The average Bonchev–Trinajstić information content (AvgIpc) is 3.31. The van der Waals surface area contributed by atoms with Crippen LogP contribution in [-0.2, 0) is 16.8 Å². The highest BCUT2D eigenvalue weighted by Gasteiger charge is 2.53. The number of amides is 2. The molecule has 5 heteroatoms. The maximum absolute atomic E-state index is 14.4. The molecule has 6 rings (SSSR count). The van der Waals surface area contributed by atoms with Crippen molar-refractivity contribution in [1.29, 1.82) is 0 Å². The number of rotatable bonds is 8. The van der Waals surface area contributed by atoms with Gasteiger partial charge in [0.15, 0.2) is 0 Å². The van der Waals surface area contributed by atoms with Crippen molar-refractivity contribution in [2.24, 2.45) is 5.73 Å². The van der Waals surface area contributed by atoms with Gasteiger partial charge in [-0.1, -0.05) is 157 Å². The molecule has 0 aromatic heterocycles. The Hall–Kier alpha value is -4.45. The quantitative estimate of drug-likeness (QED) is 0.204. The monoisotopic (exact) mass is 554 g/mol. The first-order chi connectivity index (χ1) is 20.1. The third-order valence-corrected chi connectivity index (χ3v) is 8.76. The zero-order valence-corrected chi connectivity index (χ0v) is 23.3. The first-order valence-electron chi connectivity index (χ1n) is 13.7. The van der Waals surface area contributed by atoms with Gasteiger partial charge >= 0.3 is 0 Å². The molecule has 202 valence electrons. The van der Waals surface area contributed by atoms with Gasteiger partial charge in [-0.3, -0.25) is 14.5 Å². The minimum atomic E-state index is -1.11. The lowest BCUT2D eigenvalue weighted by Crippen LogP contribution is -2.51. The maximum atomic E-state index is 14.4. The Bertz CT molecular complexity index is 1550. The predicted octanol–water partition coefficient (Wildman–Crippen LogP) is 7.33. The Labute approximate surface area is 244 Å². The summed E-state index contributed by atoms with van der Waals surface area (Å²) in [5.41, 5.74) is 11.0. The van der Waals surface area contributed by atoms with Crippen molar-refractivity contribution >= 4 is 22.9 Å². The van der Waals surface area contributed by atoms with Crippen LogP contribution in [0, 0.1) is 0 Å². The summed E-state index contributed by atoms with van der Waals surface area (Å²) in [6.45, 7) is 0. The molecule has 5 aromatic carbocycles. The summed E-state index contributed by atoms with van der Waals surface area (Å²) in [5, 5.41) is -0.810. The van der Waals surface area contributed by atoms with E-state index in [2.05, 4.69) is 6.07 Å². The zero-order chi connectivity index (χ0) is 28.2. The zero-order valence-electron chi connectivity index (χ0n) is 22.5.